The highest BCUT2D eigenvalue weighted by Crippen LogP contribution is 2.44. The van der Waals surface area contributed by atoms with Crippen molar-refractivity contribution in [3.05, 3.63) is 88.5 Å². The summed E-state index contributed by atoms with van der Waals surface area (Å²) in [5.41, 5.74) is 3.58. The number of hydrogen-bond donors (Lipinski definition) is 1. The second-order valence-electron chi connectivity index (χ2n) is 9.13. The summed E-state index contributed by atoms with van der Waals surface area (Å²) in [4.78, 5) is 28.4. The van der Waals surface area contributed by atoms with Gasteiger partial charge in [0.1, 0.15) is 11.5 Å². The number of carbonyl (C=O) groups is 2. The molecule has 5 rings (SSSR count). The third kappa shape index (κ3) is 4.42. The number of methoxy groups -OCH3 is 1. The van der Waals surface area contributed by atoms with Gasteiger partial charge in [-0.3, -0.25) is 14.5 Å². The molecule has 2 aliphatic rings. The van der Waals surface area contributed by atoms with E-state index in [4.69, 9.17) is 14.2 Å². The SMILES string of the molecule is CCOc1cc(C2/C(=C(\O)c3ccc4c(c3)CCCO4)C(=O)C(=O)N2c2cccc(C)c2)ccc1OC. The Kier molecular flexibility index (Phi) is 6.61. The van der Waals surface area contributed by atoms with Crippen molar-refractivity contribution in [3.8, 4) is 17.2 Å². The van der Waals surface area contributed by atoms with E-state index in [0.29, 0.717) is 41.5 Å². The molecule has 0 aliphatic carbocycles. The van der Waals surface area contributed by atoms with Gasteiger partial charge in [0.15, 0.2) is 11.5 Å². The number of hydrogen-bond acceptors (Lipinski definition) is 6. The van der Waals surface area contributed by atoms with Crippen molar-refractivity contribution < 1.29 is 28.9 Å². The maximum absolute atomic E-state index is 13.5. The highest BCUT2D eigenvalue weighted by molar-refractivity contribution is 6.51. The van der Waals surface area contributed by atoms with Crippen LogP contribution in [0.2, 0.25) is 0 Å². The molecule has 1 amide bonds. The largest absolute Gasteiger partial charge is 0.507 e. The summed E-state index contributed by atoms with van der Waals surface area (Å²) in [5.74, 6) is 0.131. The van der Waals surface area contributed by atoms with Crippen molar-refractivity contribution in [3.63, 3.8) is 0 Å². The Balaban J connectivity index is 1.71. The molecule has 2 aliphatic heterocycles. The molecule has 7 nitrogen and oxygen atoms in total. The van der Waals surface area contributed by atoms with Crippen LogP contribution in [-0.2, 0) is 16.0 Å². The number of fused-ring (bicyclic) bond motifs is 1. The van der Waals surface area contributed by atoms with Crippen LogP contribution >= 0.6 is 0 Å². The van der Waals surface area contributed by atoms with Gasteiger partial charge < -0.3 is 19.3 Å². The number of nitrogens with zero attached hydrogens (tertiary/aromatic N) is 1. The van der Waals surface area contributed by atoms with Gasteiger partial charge in [0, 0.05) is 11.3 Å². The quantitative estimate of drug-likeness (QED) is 0.279. The number of aliphatic hydroxyl groups excluding tert-OH is 1. The van der Waals surface area contributed by atoms with Crippen LogP contribution in [-0.4, -0.2) is 37.1 Å². The van der Waals surface area contributed by atoms with Crippen LogP contribution in [0.15, 0.2) is 66.2 Å². The van der Waals surface area contributed by atoms with E-state index >= 15 is 0 Å². The van der Waals surface area contributed by atoms with E-state index in [2.05, 4.69) is 0 Å². The highest BCUT2D eigenvalue weighted by atomic mass is 16.5. The summed E-state index contributed by atoms with van der Waals surface area (Å²) < 4.78 is 16.9. The summed E-state index contributed by atoms with van der Waals surface area (Å²) >= 11 is 0. The molecule has 1 saturated heterocycles. The van der Waals surface area contributed by atoms with Crippen LogP contribution in [0.25, 0.3) is 5.76 Å². The molecule has 1 N–H and O–H groups in total. The topological polar surface area (TPSA) is 85.3 Å². The Labute approximate surface area is 215 Å². The number of Topliss-reactive ketones (excluding diaryl/α,β-unsaturated/α-hetero) is 1. The molecule has 37 heavy (non-hydrogen) atoms. The Bertz CT molecular complexity index is 1410. The number of aliphatic hydroxyl groups is 1. The van der Waals surface area contributed by atoms with Gasteiger partial charge in [0.05, 0.1) is 31.9 Å². The van der Waals surface area contributed by atoms with E-state index in [9.17, 15) is 14.7 Å². The smallest absolute Gasteiger partial charge is 0.300 e. The number of aryl methyl sites for hydroxylation is 2. The molecule has 1 atom stereocenters. The van der Waals surface area contributed by atoms with Gasteiger partial charge >= 0.3 is 0 Å². The molecule has 1 fully saturated rings. The van der Waals surface area contributed by atoms with Crippen molar-refractivity contribution >= 4 is 23.1 Å². The molecule has 7 heteroatoms. The van der Waals surface area contributed by atoms with Crippen LogP contribution in [0.3, 0.4) is 0 Å². The molecule has 0 saturated carbocycles. The Morgan fingerprint density at radius 1 is 1.08 bits per heavy atom. The van der Waals surface area contributed by atoms with Gasteiger partial charge in [-0.2, -0.15) is 0 Å². The van der Waals surface area contributed by atoms with E-state index in [1.54, 1.807) is 43.5 Å². The molecule has 190 valence electrons. The highest BCUT2D eigenvalue weighted by Gasteiger charge is 2.47. The zero-order valence-corrected chi connectivity index (χ0v) is 21.1. The summed E-state index contributed by atoms with van der Waals surface area (Å²) in [6.45, 7) is 4.85. The number of amides is 1. The minimum atomic E-state index is -0.862. The fourth-order valence-electron chi connectivity index (χ4n) is 4.99. The Hall–Kier alpha value is -4.26. The third-order valence-corrected chi connectivity index (χ3v) is 6.71. The first-order chi connectivity index (χ1) is 17.9. The zero-order valence-electron chi connectivity index (χ0n) is 21.1. The lowest BCUT2D eigenvalue weighted by Gasteiger charge is -2.26. The monoisotopic (exact) mass is 499 g/mol. The molecule has 0 spiro atoms. The number of ether oxygens (including phenoxy) is 3. The summed E-state index contributed by atoms with van der Waals surface area (Å²) in [5, 5.41) is 11.5. The maximum Gasteiger partial charge on any atom is 0.300 e. The van der Waals surface area contributed by atoms with Gasteiger partial charge in [0.25, 0.3) is 11.7 Å². The van der Waals surface area contributed by atoms with E-state index in [1.165, 1.54) is 4.90 Å². The third-order valence-electron chi connectivity index (χ3n) is 6.71. The molecule has 3 aromatic rings. The Morgan fingerprint density at radius 2 is 1.92 bits per heavy atom. The molecular weight excluding hydrogens is 470 g/mol. The molecular formula is C30H29NO6. The van der Waals surface area contributed by atoms with E-state index in [0.717, 1.165) is 29.7 Å². The van der Waals surface area contributed by atoms with Gasteiger partial charge in [-0.25, -0.2) is 0 Å². The molecule has 3 aromatic carbocycles. The summed E-state index contributed by atoms with van der Waals surface area (Å²) in [6, 6.07) is 17.2. The van der Waals surface area contributed by atoms with Gasteiger partial charge in [-0.1, -0.05) is 18.2 Å². The molecule has 1 unspecified atom stereocenters. The van der Waals surface area contributed by atoms with E-state index < -0.39 is 17.7 Å². The predicted molar refractivity (Wildman–Crippen MR) is 140 cm³/mol. The van der Waals surface area contributed by atoms with Crippen molar-refractivity contribution in [1.82, 2.24) is 0 Å². The van der Waals surface area contributed by atoms with Gasteiger partial charge in [-0.15, -0.1) is 0 Å². The number of benzene rings is 3. The number of rotatable bonds is 6. The van der Waals surface area contributed by atoms with E-state index in [-0.39, 0.29) is 11.3 Å². The second-order valence-corrected chi connectivity index (χ2v) is 9.13. The summed E-state index contributed by atoms with van der Waals surface area (Å²) in [7, 11) is 1.55. The lowest BCUT2D eigenvalue weighted by Crippen LogP contribution is -2.29. The lowest BCUT2D eigenvalue weighted by atomic mass is 9.93. The number of ketones is 1. The lowest BCUT2D eigenvalue weighted by molar-refractivity contribution is -0.132. The summed E-state index contributed by atoms with van der Waals surface area (Å²) in [6.07, 6.45) is 1.69. The van der Waals surface area contributed by atoms with Crippen LogP contribution in [0.4, 0.5) is 5.69 Å². The van der Waals surface area contributed by atoms with Crippen LogP contribution in [0.1, 0.15) is 41.6 Å². The second kappa shape index (κ2) is 10.0. The Morgan fingerprint density at radius 3 is 2.68 bits per heavy atom. The predicted octanol–water partition coefficient (Wildman–Crippen LogP) is 5.35. The fraction of sp³-hybridized carbons (Fsp3) is 0.267. The molecule has 0 aromatic heterocycles. The first-order valence-electron chi connectivity index (χ1n) is 12.4. The maximum atomic E-state index is 13.5. The van der Waals surface area contributed by atoms with Crippen molar-refractivity contribution in [2.24, 2.45) is 0 Å². The minimum Gasteiger partial charge on any atom is -0.507 e. The van der Waals surface area contributed by atoms with Crippen LogP contribution in [0.5, 0.6) is 17.2 Å². The normalized spacial score (nSPS) is 18.4. The van der Waals surface area contributed by atoms with Gasteiger partial charge in [0.2, 0.25) is 0 Å². The minimum absolute atomic E-state index is 0.0239. The molecule has 2 heterocycles. The van der Waals surface area contributed by atoms with Crippen molar-refractivity contribution in [2.75, 3.05) is 25.2 Å². The standard InChI is InChI=1S/C30H29NO6/c1-4-36-25-17-20(10-13-24(25)35-3)27-26(28(32)21-11-12-23-19(16-21)8-6-14-37-23)29(33)30(34)31(27)22-9-5-7-18(2)15-22/h5,7,9-13,15-17,27,32H,4,6,8,14H2,1-3H3/b28-26+. The zero-order chi connectivity index (χ0) is 26.1. The average molecular weight is 500 g/mol. The molecule has 0 bridgehead atoms. The average Bonchev–Trinajstić information content (AvgIpc) is 3.18. The molecule has 0 radical (unpaired) electrons. The first kappa shape index (κ1) is 24.4. The number of anilines is 1. The van der Waals surface area contributed by atoms with Crippen LogP contribution < -0.4 is 19.1 Å². The van der Waals surface area contributed by atoms with Crippen molar-refractivity contribution in [1.29, 1.82) is 0 Å². The number of carbonyl (C=O) groups excluding carboxylic acids is 2. The van der Waals surface area contributed by atoms with Crippen molar-refractivity contribution in [2.45, 2.75) is 32.7 Å². The van der Waals surface area contributed by atoms with E-state index in [1.807, 2.05) is 38.1 Å². The van der Waals surface area contributed by atoms with Gasteiger partial charge in [-0.05, 0) is 85.8 Å². The first-order valence-corrected chi connectivity index (χ1v) is 12.4. The fourth-order valence-corrected chi connectivity index (χ4v) is 4.99. The van der Waals surface area contributed by atoms with Crippen LogP contribution in [0, 0.1) is 6.92 Å².